The Bertz CT molecular complexity index is 1030. The number of rotatable bonds is 6. The van der Waals surface area contributed by atoms with Crippen LogP contribution in [0.15, 0.2) is 48.5 Å². The molecule has 1 heterocycles. The number of nitrogens with one attached hydrogen (secondary N) is 2. The van der Waals surface area contributed by atoms with Crippen molar-refractivity contribution in [3.8, 4) is 6.07 Å². The number of anilines is 1. The molecule has 3 aromatic rings. The topological polar surface area (TPSA) is 77.8 Å². The van der Waals surface area contributed by atoms with Crippen LogP contribution in [0.25, 0.3) is 10.2 Å². The lowest BCUT2D eigenvalue weighted by atomic mass is 9.82. The van der Waals surface area contributed by atoms with E-state index in [0.29, 0.717) is 0 Å². The van der Waals surface area contributed by atoms with E-state index in [1.165, 1.54) is 10.3 Å². The van der Waals surface area contributed by atoms with Crippen molar-refractivity contribution in [2.45, 2.75) is 57.0 Å². The summed E-state index contributed by atoms with van der Waals surface area (Å²) >= 11 is 1.72. The number of amides is 1. The van der Waals surface area contributed by atoms with Gasteiger partial charge in [-0.2, -0.15) is 5.26 Å². The lowest BCUT2D eigenvalue weighted by molar-refractivity contribution is -0.123. The summed E-state index contributed by atoms with van der Waals surface area (Å²) in [5, 5.41) is 16.9. The first-order valence-electron chi connectivity index (χ1n) is 10.5. The third-order valence-electron chi connectivity index (χ3n) is 5.71. The van der Waals surface area contributed by atoms with Gasteiger partial charge in [-0.05, 0) is 49.6 Å². The molecule has 1 aliphatic rings. The first-order chi connectivity index (χ1) is 14.6. The van der Waals surface area contributed by atoms with Gasteiger partial charge < -0.3 is 10.6 Å². The minimum absolute atomic E-state index is 0.128. The summed E-state index contributed by atoms with van der Waals surface area (Å²) in [6, 6.07) is 18.2. The predicted octanol–water partition coefficient (Wildman–Crippen LogP) is 5.03. The number of para-hydroxylation sites is 1. The predicted molar refractivity (Wildman–Crippen MR) is 122 cm³/mol. The van der Waals surface area contributed by atoms with Crippen LogP contribution in [0.5, 0.6) is 0 Å². The van der Waals surface area contributed by atoms with E-state index >= 15 is 0 Å². The molecule has 154 valence electrons. The average molecular weight is 419 g/mol. The standard InChI is InChI=1S/C24H26N4OS/c1-17(23(29)28-24(16-25)13-5-2-6-14-24)26-19-11-9-18(10-12-19)15-22-27-20-7-3-4-8-21(20)30-22/h3-4,7-12,17,26H,2,5-6,13-15H2,1H3,(H,28,29). The van der Waals surface area contributed by atoms with E-state index in [2.05, 4.69) is 34.9 Å². The molecule has 1 unspecified atom stereocenters. The Balaban J connectivity index is 1.35. The van der Waals surface area contributed by atoms with Crippen molar-refractivity contribution in [2.24, 2.45) is 0 Å². The second-order valence-electron chi connectivity index (χ2n) is 8.06. The van der Waals surface area contributed by atoms with Crippen LogP contribution in [0.4, 0.5) is 5.69 Å². The molecule has 0 spiro atoms. The van der Waals surface area contributed by atoms with Gasteiger partial charge in [0.15, 0.2) is 0 Å². The molecule has 2 aromatic carbocycles. The lowest BCUT2D eigenvalue weighted by Crippen LogP contribution is -2.52. The Kier molecular flexibility index (Phi) is 6.01. The van der Waals surface area contributed by atoms with E-state index < -0.39 is 11.6 Å². The van der Waals surface area contributed by atoms with Crippen LogP contribution in [0.1, 0.15) is 49.6 Å². The quantitative estimate of drug-likeness (QED) is 0.588. The van der Waals surface area contributed by atoms with E-state index in [1.54, 1.807) is 11.3 Å². The van der Waals surface area contributed by atoms with E-state index in [4.69, 9.17) is 4.98 Å². The Morgan fingerprint density at radius 2 is 1.90 bits per heavy atom. The number of hydrogen-bond acceptors (Lipinski definition) is 5. The van der Waals surface area contributed by atoms with Crippen molar-refractivity contribution in [1.82, 2.24) is 10.3 Å². The molecule has 1 aliphatic carbocycles. The van der Waals surface area contributed by atoms with E-state index in [-0.39, 0.29) is 5.91 Å². The molecule has 30 heavy (non-hydrogen) atoms. The van der Waals surface area contributed by atoms with Crippen molar-refractivity contribution >= 4 is 33.1 Å². The first kappa shape index (κ1) is 20.4. The number of nitriles is 1. The molecule has 6 heteroatoms. The highest BCUT2D eigenvalue weighted by Gasteiger charge is 2.34. The average Bonchev–Trinajstić information content (AvgIpc) is 3.18. The number of benzene rings is 2. The zero-order valence-electron chi connectivity index (χ0n) is 17.1. The molecule has 1 fully saturated rings. The molecule has 0 bridgehead atoms. The van der Waals surface area contributed by atoms with Crippen molar-refractivity contribution in [2.75, 3.05) is 5.32 Å². The summed E-state index contributed by atoms with van der Waals surface area (Å²) in [5.74, 6) is -0.128. The molecule has 1 atom stereocenters. The lowest BCUT2D eigenvalue weighted by Gasteiger charge is -2.32. The first-order valence-corrected chi connectivity index (χ1v) is 11.3. The maximum atomic E-state index is 12.6. The third-order valence-corrected chi connectivity index (χ3v) is 6.74. The summed E-state index contributed by atoms with van der Waals surface area (Å²) in [6.45, 7) is 1.83. The Morgan fingerprint density at radius 3 is 2.60 bits per heavy atom. The smallest absolute Gasteiger partial charge is 0.243 e. The van der Waals surface area contributed by atoms with Gasteiger partial charge in [0.2, 0.25) is 5.91 Å². The highest BCUT2D eigenvalue weighted by atomic mass is 32.1. The van der Waals surface area contributed by atoms with Crippen LogP contribution in [0, 0.1) is 11.3 Å². The van der Waals surface area contributed by atoms with Gasteiger partial charge in [0.1, 0.15) is 11.6 Å². The van der Waals surface area contributed by atoms with E-state index in [0.717, 1.165) is 54.7 Å². The highest BCUT2D eigenvalue weighted by molar-refractivity contribution is 7.18. The Labute approximate surface area is 181 Å². The maximum absolute atomic E-state index is 12.6. The molecule has 0 aliphatic heterocycles. The fourth-order valence-corrected chi connectivity index (χ4v) is 4.97. The SMILES string of the molecule is CC(Nc1ccc(Cc2nc3ccccc3s2)cc1)C(=O)NC1(C#N)CCCCC1. The third kappa shape index (κ3) is 4.63. The molecule has 2 N–H and O–H groups in total. The zero-order chi connectivity index (χ0) is 21.0. The number of carbonyl (C=O) groups is 1. The molecular weight excluding hydrogens is 392 g/mol. The maximum Gasteiger partial charge on any atom is 0.243 e. The number of nitrogens with zero attached hydrogens (tertiary/aromatic N) is 2. The van der Waals surface area contributed by atoms with Gasteiger partial charge in [0.25, 0.3) is 0 Å². The molecule has 1 aromatic heterocycles. The van der Waals surface area contributed by atoms with Gasteiger partial charge in [-0.15, -0.1) is 11.3 Å². The minimum Gasteiger partial charge on any atom is -0.374 e. The van der Waals surface area contributed by atoms with Crippen LogP contribution >= 0.6 is 11.3 Å². The van der Waals surface area contributed by atoms with E-state index in [1.807, 2.05) is 37.3 Å². The van der Waals surface area contributed by atoms with Gasteiger partial charge in [0, 0.05) is 12.1 Å². The van der Waals surface area contributed by atoms with Crippen LogP contribution in [0.2, 0.25) is 0 Å². The van der Waals surface area contributed by atoms with Crippen molar-refractivity contribution < 1.29 is 4.79 Å². The van der Waals surface area contributed by atoms with Crippen molar-refractivity contribution in [1.29, 1.82) is 5.26 Å². The molecule has 0 radical (unpaired) electrons. The van der Waals surface area contributed by atoms with Crippen LogP contribution in [-0.2, 0) is 11.2 Å². The zero-order valence-corrected chi connectivity index (χ0v) is 18.0. The number of carbonyl (C=O) groups excluding carboxylic acids is 1. The van der Waals surface area contributed by atoms with Crippen LogP contribution in [-0.4, -0.2) is 22.5 Å². The van der Waals surface area contributed by atoms with Gasteiger partial charge in [-0.25, -0.2) is 4.98 Å². The summed E-state index contributed by atoms with van der Waals surface area (Å²) < 4.78 is 1.21. The Morgan fingerprint density at radius 1 is 1.17 bits per heavy atom. The summed E-state index contributed by atoms with van der Waals surface area (Å²) in [5.41, 5.74) is 2.42. The van der Waals surface area contributed by atoms with Crippen molar-refractivity contribution in [3.05, 3.63) is 59.1 Å². The molecule has 4 rings (SSSR count). The summed E-state index contributed by atoms with van der Waals surface area (Å²) in [7, 11) is 0. The monoisotopic (exact) mass is 418 g/mol. The molecule has 1 amide bonds. The fraction of sp³-hybridized carbons (Fsp3) is 0.375. The molecular formula is C24H26N4OS. The van der Waals surface area contributed by atoms with Gasteiger partial charge >= 0.3 is 0 Å². The number of thiazole rings is 1. The molecule has 5 nitrogen and oxygen atoms in total. The second-order valence-corrected chi connectivity index (χ2v) is 9.17. The minimum atomic E-state index is -0.702. The highest BCUT2D eigenvalue weighted by Crippen LogP contribution is 2.28. The van der Waals surface area contributed by atoms with E-state index in [9.17, 15) is 10.1 Å². The number of fused-ring (bicyclic) bond motifs is 1. The summed E-state index contributed by atoms with van der Waals surface area (Å²) in [6.07, 6.45) is 5.39. The largest absolute Gasteiger partial charge is 0.374 e. The number of hydrogen-bond donors (Lipinski definition) is 2. The van der Waals surface area contributed by atoms with Crippen LogP contribution in [0.3, 0.4) is 0 Å². The normalized spacial score (nSPS) is 16.5. The Hall–Kier alpha value is -2.91. The molecule has 1 saturated carbocycles. The van der Waals surface area contributed by atoms with Gasteiger partial charge in [-0.1, -0.05) is 43.5 Å². The van der Waals surface area contributed by atoms with Gasteiger partial charge in [0.05, 0.1) is 21.3 Å². The fourth-order valence-electron chi connectivity index (χ4n) is 3.97. The second kappa shape index (κ2) is 8.85. The number of aromatic nitrogens is 1. The van der Waals surface area contributed by atoms with Crippen molar-refractivity contribution in [3.63, 3.8) is 0 Å². The molecule has 0 saturated heterocycles. The van der Waals surface area contributed by atoms with Crippen LogP contribution < -0.4 is 10.6 Å². The summed E-state index contributed by atoms with van der Waals surface area (Å²) in [4.78, 5) is 17.3. The van der Waals surface area contributed by atoms with Gasteiger partial charge in [-0.3, -0.25) is 4.79 Å².